The number of anilines is 1. The summed E-state index contributed by atoms with van der Waals surface area (Å²) >= 11 is 5.82. The van der Waals surface area contributed by atoms with Crippen LogP contribution in [0.15, 0.2) is 85.2 Å². The van der Waals surface area contributed by atoms with Gasteiger partial charge in [-0.15, -0.1) is 0 Å². The third kappa shape index (κ3) is 3.46. The number of hydrogen-bond donors (Lipinski definition) is 1. The van der Waals surface area contributed by atoms with E-state index in [9.17, 15) is 4.39 Å². The molecule has 0 amide bonds. The minimum absolute atomic E-state index is 0.189. The van der Waals surface area contributed by atoms with Gasteiger partial charge in [0.25, 0.3) is 0 Å². The molecule has 0 spiro atoms. The van der Waals surface area contributed by atoms with E-state index in [1.165, 1.54) is 17.2 Å². The zero-order chi connectivity index (χ0) is 22.2. The van der Waals surface area contributed by atoms with Crippen LogP contribution < -0.4 is 10.2 Å². The Hall–Kier alpha value is -3.51. The lowest BCUT2D eigenvalue weighted by atomic mass is 10.00. The minimum Gasteiger partial charge on any atom is -0.351 e. The van der Waals surface area contributed by atoms with Gasteiger partial charge in [-0.2, -0.15) is 0 Å². The van der Waals surface area contributed by atoms with Crippen molar-refractivity contribution in [2.24, 2.45) is 0 Å². The molecule has 1 N–H and O–H groups in total. The van der Waals surface area contributed by atoms with Gasteiger partial charge in [-0.1, -0.05) is 24.3 Å². The van der Waals surface area contributed by atoms with Gasteiger partial charge in [0.15, 0.2) is 5.11 Å². The summed E-state index contributed by atoms with van der Waals surface area (Å²) in [6, 6.07) is 22.6. The summed E-state index contributed by atoms with van der Waals surface area (Å²) in [7, 11) is 0. The molecule has 3 heterocycles. The summed E-state index contributed by atoms with van der Waals surface area (Å²) in [5, 5.41) is 4.09. The van der Waals surface area contributed by atoms with Crippen LogP contribution in [0, 0.1) is 19.7 Å². The fourth-order valence-electron chi connectivity index (χ4n) is 4.31. The normalized spacial score (nSPS) is 18.1. The van der Waals surface area contributed by atoms with E-state index < -0.39 is 0 Å². The van der Waals surface area contributed by atoms with Crippen LogP contribution in [0.1, 0.15) is 34.6 Å². The molecule has 160 valence electrons. The second kappa shape index (κ2) is 8.20. The molecule has 2 aromatic heterocycles. The van der Waals surface area contributed by atoms with Gasteiger partial charge in [-0.25, -0.2) is 4.39 Å². The molecule has 32 heavy (non-hydrogen) atoms. The van der Waals surface area contributed by atoms with Crippen molar-refractivity contribution in [1.29, 1.82) is 0 Å². The van der Waals surface area contributed by atoms with Crippen LogP contribution in [-0.2, 0) is 0 Å². The molecule has 0 radical (unpaired) electrons. The quantitative estimate of drug-likeness (QED) is 0.405. The summed E-state index contributed by atoms with van der Waals surface area (Å²) in [5.74, 6) is -0.273. The van der Waals surface area contributed by atoms with E-state index in [0.717, 1.165) is 17.1 Å². The van der Waals surface area contributed by atoms with E-state index in [0.29, 0.717) is 10.8 Å². The third-order valence-electron chi connectivity index (χ3n) is 6.06. The fraction of sp³-hybridized carbons (Fsp3) is 0.154. The third-order valence-corrected chi connectivity index (χ3v) is 6.38. The highest BCUT2D eigenvalue weighted by molar-refractivity contribution is 7.80. The molecule has 5 rings (SSSR count). The van der Waals surface area contributed by atoms with Crippen LogP contribution >= 0.6 is 12.2 Å². The topological polar surface area (TPSA) is 33.1 Å². The standard InChI is InChI=1S/C26H23FN4S/c1-17-12-13-19(16-18(17)2)31-25(24(29-26(31)32)21-9-5-6-14-28-21)23-11-7-15-30(23)22-10-4-3-8-20(22)27/h3-16,24-25H,1-2H3,(H,29,32)/t24-,25-/m1/s1. The Morgan fingerprint density at radius 3 is 2.50 bits per heavy atom. The molecule has 4 aromatic rings. The van der Waals surface area contributed by atoms with Crippen LogP contribution in [0.5, 0.6) is 0 Å². The highest BCUT2D eigenvalue weighted by atomic mass is 32.1. The van der Waals surface area contributed by atoms with Crippen molar-refractivity contribution in [3.63, 3.8) is 0 Å². The lowest BCUT2D eigenvalue weighted by Gasteiger charge is -2.29. The second-order valence-corrected chi connectivity index (χ2v) is 8.41. The number of thiocarbonyl (C=S) groups is 1. The van der Waals surface area contributed by atoms with Crippen molar-refractivity contribution in [3.05, 3.63) is 114 Å². The molecular formula is C26H23FN4S. The van der Waals surface area contributed by atoms with Crippen LogP contribution in [0.3, 0.4) is 0 Å². The predicted molar refractivity (Wildman–Crippen MR) is 130 cm³/mol. The Labute approximate surface area is 192 Å². The number of benzene rings is 2. The van der Waals surface area contributed by atoms with E-state index in [1.54, 1.807) is 18.3 Å². The first kappa shape index (κ1) is 20.4. The zero-order valence-electron chi connectivity index (χ0n) is 17.9. The first-order valence-corrected chi connectivity index (χ1v) is 11.0. The van der Waals surface area contributed by atoms with Gasteiger partial charge in [0.2, 0.25) is 0 Å². The van der Waals surface area contributed by atoms with Crippen molar-refractivity contribution in [3.8, 4) is 5.69 Å². The molecule has 0 bridgehead atoms. The van der Waals surface area contributed by atoms with Gasteiger partial charge in [-0.05, 0) is 85.7 Å². The summed E-state index contributed by atoms with van der Waals surface area (Å²) in [6.07, 6.45) is 3.68. The average Bonchev–Trinajstić information content (AvgIpc) is 3.41. The molecule has 1 aliphatic rings. The molecular weight excluding hydrogens is 419 g/mol. The Balaban J connectivity index is 1.69. The molecule has 2 aromatic carbocycles. The summed E-state index contributed by atoms with van der Waals surface area (Å²) < 4.78 is 16.6. The summed E-state index contributed by atoms with van der Waals surface area (Å²) in [4.78, 5) is 6.72. The number of para-hydroxylation sites is 1. The minimum atomic E-state index is -0.273. The Morgan fingerprint density at radius 1 is 0.938 bits per heavy atom. The molecule has 0 saturated carbocycles. The molecule has 1 aliphatic heterocycles. The van der Waals surface area contributed by atoms with E-state index in [-0.39, 0.29) is 17.9 Å². The van der Waals surface area contributed by atoms with Gasteiger partial charge >= 0.3 is 0 Å². The first-order chi connectivity index (χ1) is 15.5. The number of nitrogens with one attached hydrogen (secondary N) is 1. The van der Waals surface area contributed by atoms with E-state index >= 15 is 0 Å². The lowest BCUT2D eigenvalue weighted by Crippen LogP contribution is -2.30. The van der Waals surface area contributed by atoms with Gasteiger partial charge in [0, 0.05) is 23.8 Å². The van der Waals surface area contributed by atoms with Crippen molar-refractivity contribution in [2.45, 2.75) is 25.9 Å². The lowest BCUT2D eigenvalue weighted by molar-refractivity contribution is 0.544. The molecule has 6 heteroatoms. The Morgan fingerprint density at radius 2 is 1.75 bits per heavy atom. The van der Waals surface area contributed by atoms with Crippen LogP contribution in [0.4, 0.5) is 10.1 Å². The van der Waals surface area contributed by atoms with Crippen LogP contribution in [-0.4, -0.2) is 14.7 Å². The maximum Gasteiger partial charge on any atom is 0.174 e. The zero-order valence-corrected chi connectivity index (χ0v) is 18.7. The Bertz CT molecular complexity index is 1280. The second-order valence-electron chi connectivity index (χ2n) is 8.02. The number of hydrogen-bond acceptors (Lipinski definition) is 2. The van der Waals surface area contributed by atoms with E-state index in [2.05, 4.69) is 47.2 Å². The highest BCUT2D eigenvalue weighted by Crippen LogP contribution is 2.42. The van der Waals surface area contributed by atoms with Crippen molar-refractivity contribution < 1.29 is 4.39 Å². The first-order valence-electron chi connectivity index (χ1n) is 10.5. The maximum absolute atomic E-state index is 14.7. The molecule has 4 nitrogen and oxygen atoms in total. The molecule has 1 saturated heterocycles. The average molecular weight is 443 g/mol. The number of halogens is 1. The summed E-state index contributed by atoms with van der Waals surface area (Å²) in [5.41, 5.74) is 5.72. The number of aryl methyl sites for hydroxylation is 2. The van der Waals surface area contributed by atoms with E-state index in [1.807, 2.05) is 47.2 Å². The highest BCUT2D eigenvalue weighted by Gasteiger charge is 2.42. The van der Waals surface area contributed by atoms with Gasteiger partial charge < -0.3 is 14.8 Å². The largest absolute Gasteiger partial charge is 0.351 e. The Kier molecular flexibility index (Phi) is 5.23. The number of rotatable bonds is 4. The maximum atomic E-state index is 14.7. The number of aromatic nitrogens is 2. The predicted octanol–water partition coefficient (Wildman–Crippen LogP) is 5.81. The fourth-order valence-corrected chi connectivity index (χ4v) is 4.66. The number of pyridine rings is 1. The molecule has 0 aliphatic carbocycles. The van der Waals surface area contributed by atoms with Crippen molar-refractivity contribution in [2.75, 3.05) is 4.90 Å². The van der Waals surface area contributed by atoms with Crippen LogP contribution in [0.25, 0.3) is 5.69 Å². The van der Waals surface area contributed by atoms with Gasteiger partial charge in [0.1, 0.15) is 11.9 Å². The molecule has 1 fully saturated rings. The van der Waals surface area contributed by atoms with Gasteiger partial charge in [-0.3, -0.25) is 4.98 Å². The SMILES string of the molecule is Cc1ccc(N2C(=S)N[C@H](c3ccccn3)[C@H]2c2cccn2-c2ccccc2F)cc1C. The number of nitrogens with zero attached hydrogens (tertiary/aromatic N) is 3. The monoisotopic (exact) mass is 442 g/mol. The molecule has 0 unspecified atom stereocenters. The van der Waals surface area contributed by atoms with Crippen molar-refractivity contribution >= 4 is 23.0 Å². The van der Waals surface area contributed by atoms with E-state index in [4.69, 9.17) is 12.2 Å². The summed E-state index contributed by atoms with van der Waals surface area (Å²) in [6.45, 7) is 4.19. The van der Waals surface area contributed by atoms with Crippen molar-refractivity contribution in [1.82, 2.24) is 14.9 Å². The molecule has 2 atom stereocenters. The smallest absolute Gasteiger partial charge is 0.174 e. The van der Waals surface area contributed by atoms with Crippen LogP contribution in [0.2, 0.25) is 0 Å². The van der Waals surface area contributed by atoms with Gasteiger partial charge in [0.05, 0.1) is 17.4 Å².